The van der Waals surface area contributed by atoms with Crippen LogP contribution in [0.15, 0.2) is 91.0 Å². The minimum absolute atomic E-state index is 0.0236. The van der Waals surface area contributed by atoms with Crippen molar-refractivity contribution in [2.75, 3.05) is 16.8 Å². The molecule has 0 spiro atoms. The summed E-state index contributed by atoms with van der Waals surface area (Å²) in [5.41, 5.74) is 6.96. The normalized spacial score (nSPS) is 21.3. The minimum atomic E-state index is -0.184. The molecule has 0 aromatic heterocycles. The van der Waals surface area contributed by atoms with E-state index in [4.69, 9.17) is 11.6 Å². The summed E-state index contributed by atoms with van der Waals surface area (Å²) in [7, 11) is 0. The number of hydrogen-bond donors (Lipinski definition) is 1. The molecule has 212 valence electrons. The highest BCUT2D eigenvalue weighted by Crippen LogP contribution is 2.44. The SMILES string of the molecule is Cc1ccc(-c2ccccc2C(=O)Nc2ccc(C(=O)N3C[C@@H]4C5CCC(CC5)N4Cc4cc(Cl)ccc43)cc2)cc1. The van der Waals surface area contributed by atoms with Gasteiger partial charge in [-0.25, -0.2) is 0 Å². The fourth-order valence-corrected chi connectivity index (χ4v) is 7.39. The first-order chi connectivity index (χ1) is 20.4. The number of fused-ring (bicyclic) bond motifs is 3. The number of rotatable bonds is 4. The topological polar surface area (TPSA) is 52.7 Å². The van der Waals surface area contributed by atoms with Crippen LogP contribution in [0.2, 0.25) is 5.02 Å². The lowest BCUT2D eigenvalue weighted by atomic mass is 9.74. The van der Waals surface area contributed by atoms with Crippen LogP contribution in [0.3, 0.4) is 0 Å². The van der Waals surface area contributed by atoms with Crippen LogP contribution in [0, 0.1) is 12.8 Å². The highest BCUT2D eigenvalue weighted by Gasteiger charge is 2.45. The summed E-state index contributed by atoms with van der Waals surface area (Å²) in [6.45, 7) is 3.57. The third-order valence-electron chi connectivity index (χ3n) is 9.40. The van der Waals surface area contributed by atoms with Gasteiger partial charge in [0, 0.05) is 52.7 Å². The largest absolute Gasteiger partial charge is 0.322 e. The van der Waals surface area contributed by atoms with Crippen molar-refractivity contribution in [3.8, 4) is 11.1 Å². The van der Waals surface area contributed by atoms with Gasteiger partial charge in [-0.1, -0.05) is 59.6 Å². The average molecular weight is 576 g/mol. The lowest BCUT2D eigenvalue weighted by Gasteiger charge is -2.51. The fourth-order valence-electron chi connectivity index (χ4n) is 7.19. The quantitative estimate of drug-likeness (QED) is 0.268. The second-order valence-corrected chi connectivity index (χ2v) is 12.4. The molecule has 4 aromatic rings. The summed E-state index contributed by atoms with van der Waals surface area (Å²) >= 11 is 6.43. The summed E-state index contributed by atoms with van der Waals surface area (Å²) in [4.78, 5) is 32.0. The molecule has 0 radical (unpaired) electrons. The third kappa shape index (κ3) is 5.01. The molecule has 3 aliphatic heterocycles. The number of carbonyl (C=O) groups excluding carboxylic acids is 2. The molecule has 4 aromatic carbocycles. The lowest BCUT2D eigenvalue weighted by molar-refractivity contribution is -0.0121. The standard InChI is InChI=1S/C36H34ClN3O2/c1-23-6-8-24(9-7-23)31-4-2-3-5-32(31)35(41)38-29-15-10-26(11-16-29)36(42)40-22-34-25-12-17-30(18-13-25)39(34)21-27-20-28(37)14-19-33(27)40/h2-11,14-16,19-20,25,30,34H,12-13,17-18,21-22H2,1H3,(H,38,41)/t25?,30?,34-/m1/s1. The number of nitrogens with one attached hydrogen (secondary N) is 1. The van der Waals surface area contributed by atoms with Crippen molar-refractivity contribution in [2.45, 2.75) is 51.2 Å². The number of piperidine rings is 2. The van der Waals surface area contributed by atoms with Crippen molar-refractivity contribution in [2.24, 2.45) is 5.92 Å². The molecular weight excluding hydrogens is 542 g/mol. The van der Waals surface area contributed by atoms with Crippen molar-refractivity contribution in [3.63, 3.8) is 0 Å². The number of carbonyl (C=O) groups is 2. The molecule has 5 nitrogen and oxygen atoms in total. The maximum atomic E-state index is 14.0. The Morgan fingerprint density at radius 1 is 0.857 bits per heavy atom. The maximum Gasteiger partial charge on any atom is 0.258 e. The van der Waals surface area contributed by atoms with Crippen LogP contribution in [0.5, 0.6) is 0 Å². The second-order valence-electron chi connectivity index (χ2n) is 11.9. The van der Waals surface area contributed by atoms with E-state index in [1.807, 2.05) is 103 Å². The Hall–Kier alpha value is -3.93. The Bertz CT molecular complexity index is 1640. The van der Waals surface area contributed by atoms with Gasteiger partial charge in [-0.3, -0.25) is 14.5 Å². The number of benzene rings is 4. The summed E-state index contributed by atoms with van der Waals surface area (Å²) < 4.78 is 0. The molecule has 1 atom stereocenters. The van der Waals surface area contributed by atoms with Crippen LogP contribution in [0.1, 0.15) is 57.5 Å². The summed E-state index contributed by atoms with van der Waals surface area (Å²) in [5.74, 6) is 0.413. The van der Waals surface area contributed by atoms with Gasteiger partial charge in [-0.05, 0) is 104 Å². The van der Waals surface area contributed by atoms with Gasteiger partial charge in [0.15, 0.2) is 0 Å². The molecule has 6 heteroatoms. The number of aryl methyl sites for hydroxylation is 1. The van der Waals surface area contributed by atoms with Crippen molar-refractivity contribution in [1.82, 2.24) is 4.90 Å². The zero-order valence-electron chi connectivity index (χ0n) is 23.7. The molecule has 3 heterocycles. The van der Waals surface area contributed by atoms with Crippen molar-refractivity contribution in [3.05, 3.63) is 118 Å². The van der Waals surface area contributed by atoms with Crippen molar-refractivity contribution in [1.29, 1.82) is 0 Å². The first-order valence-corrected chi connectivity index (χ1v) is 15.3. The van der Waals surface area contributed by atoms with Crippen LogP contribution < -0.4 is 10.2 Å². The first kappa shape index (κ1) is 26.9. The molecule has 2 saturated heterocycles. The van der Waals surface area contributed by atoms with Gasteiger partial charge in [0.05, 0.1) is 0 Å². The van der Waals surface area contributed by atoms with Crippen LogP contribution in [-0.4, -0.2) is 35.3 Å². The predicted octanol–water partition coefficient (Wildman–Crippen LogP) is 7.97. The molecular formula is C36H34ClN3O2. The van der Waals surface area contributed by atoms with E-state index in [0.29, 0.717) is 46.4 Å². The van der Waals surface area contributed by atoms with Crippen LogP contribution in [0.25, 0.3) is 11.1 Å². The predicted molar refractivity (Wildman–Crippen MR) is 169 cm³/mol. The Balaban J connectivity index is 1.13. The van der Waals surface area contributed by atoms with E-state index < -0.39 is 0 Å². The molecule has 1 saturated carbocycles. The summed E-state index contributed by atoms with van der Waals surface area (Å²) in [5, 5.41) is 3.73. The molecule has 4 aliphatic rings. The van der Waals surface area contributed by atoms with Gasteiger partial charge in [-0.2, -0.15) is 0 Å². The molecule has 2 bridgehead atoms. The monoisotopic (exact) mass is 575 g/mol. The second kappa shape index (κ2) is 11.0. The zero-order valence-corrected chi connectivity index (χ0v) is 24.5. The van der Waals surface area contributed by atoms with E-state index in [2.05, 4.69) is 10.2 Å². The van der Waals surface area contributed by atoms with E-state index >= 15 is 0 Å². The number of nitrogens with zero attached hydrogens (tertiary/aromatic N) is 2. The van der Waals surface area contributed by atoms with Gasteiger partial charge in [0.2, 0.25) is 0 Å². The van der Waals surface area contributed by atoms with E-state index in [1.54, 1.807) is 0 Å². The number of amides is 2. The summed E-state index contributed by atoms with van der Waals surface area (Å²) in [6, 6.07) is 29.9. The molecule has 1 N–H and O–H groups in total. The molecule has 42 heavy (non-hydrogen) atoms. The highest BCUT2D eigenvalue weighted by molar-refractivity contribution is 6.30. The van der Waals surface area contributed by atoms with Crippen LogP contribution >= 0.6 is 11.6 Å². The molecule has 0 unspecified atom stereocenters. The summed E-state index contributed by atoms with van der Waals surface area (Å²) in [6.07, 6.45) is 4.97. The Labute approximate surface area is 252 Å². The zero-order chi connectivity index (χ0) is 28.8. The van der Waals surface area contributed by atoms with Gasteiger partial charge >= 0.3 is 0 Å². The smallest absolute Gasteiger partial charge is 0.258 e. The van der Waals surface area contributed by atoms with E-state index in [0.717, 1.165) is 28.9 Å². The van der Waals surface area contributed by atoms with Gasteiger partial charge in [0.1, 0.15) is 0 Å². The first-order valence-electron chi connectivity index (χ1n) is 14.9. The highest BCUT2D eigenvalue weighted by atomic mass is 35.5. The molecule has 8 rings (SSSR count). The molecule has 1 aliphatic carbocycles. The van der Waals surface area contributed by atoms with Crippen LogP contribution in [0.4, 0.5) is 11.4 Å². The van der Waals surface area contributed by atoms with E-state index in [9.17, 15) is 9.59 Å². The molecule has 2 amide bonds. The fraction of sp³-hybridized carbons (Fsp3) is 0.278. The van der Waals surface area contributed by atoms with Crippen molar-refractivity contribution >= 4 is 34.8 Å². The Morgan fingerprint density at radius 2 is 1.60 bits per heavy atom. The Morgan fingerprint density at radius 3 is 2.36 bits per heavy atom. The average Bonchev–Trinajstić information content (AvgIpc) is 3.20. The van der Waals surface area contributed by atoms with Gasteiger partial charge in [0.25, 0.3) is 11.8 Å². The van der Waals surface area contributed by atoms with Gasteiger partial charge in [-0.15, -0.1) is 0 Å². The Kier molecular flexibility index (Phi) is 7.09. The van der Waals surface area contributed by atoms with Crippen molar-refractivity contribution < 1.29 is 9.59 Å². The van der Waals surface area contributed by atoms with Crippen LogP contribution in [-0.2, 0) is 6.54 Å². The lowest BCUT2D eigenvalue weighted by Crippen LogP contribution is -2.57. The number of halogens is 1. The maximum absolute atomic E-state index is 14.0. The minimum Gasteiger partial charge on any atom is -0.322 e. The number of hydrogen-bond acceptors (Lipinski definition) is 3. The molecule has 3 fully saturated rings. The van der Waals surface area contributed by atoms with E-state index in [-0.39, 0.29) is 11.8 Å². The third-order valence-corrected chi connectivity index (χ3v) is 9.64. The van der Waals surface area contributed by atoms with Gasteiger partial charge < -0.3 is 10.2 Å². The van der Waals surface area contributed by atoms with E-state index in [1.165, 1.54) is 31.2 Å². The number of anilines is 2.